The predicted molar refractivity (Wildman–Crippen MR) is 112 cm³/mol. The number of fused-ring (bicyclic) bond motifs is 3. The van der Waals surface area contributed by atoms with E-state index in [-0.39, 0.29) is 5.78 Å². The zero-order chi connectivity index (χ0) is 18.5. The van der Waals surface area contributed by atoms with Crippen LogP contribution in [0.2, 0.25) is 0 Å². The smallest absolute Gasteiger partial charge is 0.193 e. The van der Waals surface area contributed by atoms with Gasteiger partial charge in [0.2, 0.25) is 0 Å². The highest BCUT2D eigenvalue weighted by molar-refractivity contribution is 6.09. The van der Waals surface area contributed by atoms with E-state index in [1.165, 1.54) is 21.8 Å². The second kappa shape index (κ2) is 7.71. The van der Waals surface area contributed by atoms with Gasteiger partial charge < -0.3 is 4.98 Å². The van der Waals surface area contributed by atoms with Gasteiger partial charge >= 0.3 is 0 Å². The lowest BCUT2D eigenvalue weighted by Crippen LogP contribution is -1.99. The van der Waals surface area contributed by atoms with Gasteiger partial charge in [-0.05, 0) is 12.1 Å². The molecule has 1 heterocycles. The molecule has 0 saturated heterocycles. The Morgan fingerprint density at radius 1 is 0.481 bits per heavy atom. The van der Waals surface area contributed by atoms with Crippen LogP contribution >= 0.6 is 0 Å². The topological polar surface area (TPSA) is 32.9 Å². The summed E-state index contributed by atoms with van der Waals surface area (Å²) >= 11 is 0. The van der Waals surface area contributed by atoms with Gasteiger partial charge in [-0.25, -0.2) is 0 Å². The number of hydrogen-bond acceptors (Lipinski definition) is 1. The van der Waals surface area contributed by atoms with Crippen LogP contribution in [0.3, 0.4) is 0 Å². The lowest BCUT2D eigenvalue weighted by atomic mass is 10.0. The Morgan fingerprint density at radius 2 is 0.852 bits per heavy atom. The summed E-state index contributed by atoms with van der Waals surface area (Å²) in [6.07, 6.45) is 0. The van der Waals surface area contributed by atoms with Crippen LogP contribution in [0.5, 0.6) is 0 Å². The molecule has 2 nitrogen and oxygen atoms in total. The zero-order valence-electron chi connectivity index (χ0n) is 14.8. The second-order valence-electron chi connectivity index (χ2n) is 6.28. The number of aromatic amines is 1. The standard InChI is InChI=1S/C13H10O.C12H9N/c14-13(11-7-3-1-4-8-11)12-9-5-2-6-10-12;1-3-7-11-9(5-1)10-6-2-4-8-12(10)13-11/h1-10H;1-8,13H. The van der Waals surface area contributed by atoms with E-state index in [9.17, 15) is 4.79 Å². The Labute approximate surface area is 158 Å². The third-order valence-corrected chi connectivity index (χ3v) is 4.49. The molecule has 0 aliphatic rings. The highest BCUT2D eigenvalue weighted by Gasteiger charge is 2.06. The van der Waals surface area contributed by atoms with Gasteiger partial charge in [0, 0.05) is 32.9 Å². The van der Waals surface area contributed by atoms with Crippen LogP contribution in [0.1, 0.15) is 15.9 Å². The van der Waals surface area contributed by atoms with Gasteiger partial charge in [-0.1, -0.05) is 97.1 Å². The van der Waals surface area contributed by atoms with E-state index in [0.717, 1.165) is 11.1 Å². The Morgan fingerprint density at radius 3 is 1.30 bits per heavy atom. The predicted octanol–water partition coefficient (Wildman–Crippen LogP) is 6.24. The molecule has 0 aliphatic heterocycles. The van der Waals surface area contributed by atoms with Crippen molar-refractivity contribution in [2.45, 2.75) is 0 Å². The van der Waals surface area contributed by atoms with E-state index in [1.807, 2.05) is 60.7 Å². The van der Waals surface area contributed by atoms with Crippen molar-refractivity contribution in [2.24, 2.45) is 0 Å². The summed E-state index contributed by atoms with van der Waals surface area (Å²) in [5.41, 5.74) is 3.89. The number of rotatable bonds is 2. The van der Waals surface area contributed by atoms with E-state index in [2.05, 4.69) is 53.5 Å². The van der Waals surface area contributed by atoms with Crippen molar-refractivity contribution in [3.05, 3.63) is 120 Å². The Bertz CT molecular complexity index is 1080. The van der Waals surface area contributed by atoms with Crippen LogP contribution in [0.15, 0.2) is 109 Å². The largest absolute Gasteiger partial charge is 0.355 e. The number of ketones is 1. The third kappa shape index (κ3) is 3.65. The van der Waals surface area contributed by atoms with Gasteiger partial charge in [0.25, 0.3) is 0 Å². The summed E-state index contributed by atoms with van der Waals surface area (Å²) in [7, 11) is 0. The molecule has 0 aliphatic carbocycles. The number of carbonyl (C=O) groups is 1. The summed E-state index contributed by atoms with van der Waals surface area (Å²) in [6.45, 7) is 0. The van der Waals surface area contributed by atoms with Crippen LogP contribution in [0.25, 0.3) is 21.8 Å². The molecule has 5 aromatic rings. The highest BCUT2D eigenvalue weighted by atomic mass is 16.1. The second-order valence-corrected chi connectivity index (χ2v) is 6.28. The average Bonchev–Trinajstić information content (AvgIpc) is 3.14. The molecule has 0 saturated carbocycles. The average molecular weight is 349 g/mol. The molecule has 2 heteroatoms. The summed E-state index contributed by atoms with van der Waals surface area (Å²) in [5.74, 6) is 0.0752. The van der Waals surface area contributed by atoms with Crippen LogP contribution in [-0.4, -0.2) is 10.8 Å². The number of carbonyl (C=O) groups excluding carboxylic acids is 1. The maximum Gasteiger partial charge on any atom is 0.193 e. The number of benzene rings is 4. The molecule has 0 atom stereocenters. The van der Waals surface area contributed by atoms with Gasteiger partial charge in [-0.15, -0.1) is 0 Å². The minimum atomic E-state index is 0.0752. The molecule has 4 aromatic carbocycles. The molecule has 1 aromatic heterocycles. The molecule has 0 spiro atoms. The summed E-state index contributed by atoms with van der Waals surface area (Å²) in [5, 5.41) is 2.61. The van der Waals surface area contributed by atoms with Crippen molar-refractivity contribution in [1.29, 1.82) is 0 Å². The van der Waals surface area contributed by atoms with Crippen LogP contribution in [0, 0.1) is 0 Å². The number of H-pyrrole nitrogens is 1. The maximum atomic E-state index is 11.8. The van der Waals surface area contributed by atoms with Gasteiger partial charge in [-0.2, -0.15) is 0 Å². The summed E-state index contributed by atoms with van der Waals surface area (Å²) in [4.78, 5) is 15.2. The monoisotopic (exact) mass is 349 g/mol. The molecule has 0 amide bonds. The SMILES string of the molecule is O=C(c1ccccc1)c1ccccc1.c1ccc2c(c1)[nH]c1ccccc12. The van der Waals surface area contributed by atoms with Crippen molar-refractivity contribution in [3.63, 3.8) is 0 Å². The van der Waals surface area contributed by atoms with E-state index in [1.54, 1.807) is 0 Å². The van der Waals surface area contributed by atoms with E-state index in [4.69, 9.17) is 0 Å². The summed E-state index contributed by atoms with van der Waals surface area (Å²) < 4.78 is 0. The van der Waals surface area contributed by atoms with Crippen molar-refractivity contribution in [1.82, 2.24) is 4.98 Å². The first-order chi connectivity index (χ1) is 13.3. The molecule has 1 N–H and O–H groups in total. The van der Waals surface area contributed by atoms with Gasteiger partial charge in [0.05, 0.1) is 0 Å². The van der Waals surface area contributed by atoms with Crippen LogP contribution < -0.4 is 0 Å². The van der Waals surface area contributed by atoms with Gasteiger partial charge in [0.1, 0.15) is 0 Å². The molecule has 0 radical (unpaired) electrons. The zero-order valence-corrected chi connectivity index (χ0v) is 14.8. The number of para-hydroxylation sites is 2. The first kappa shape index (κ1) is 16.8. The van der Waals surface area contributed by atoms with E-state index >= 15 is 0 Å². The highest BCUT2D eigenvalue weighted by Crippen LogP contribution is 2.24. The Kier molecular flexibility index (Phi) is 4.80. The molecular weight excluding hydrogens is 330 g/mol. The number of nitrogens with one attached hydrogen (secondary N) is 1. The minimum Gasteiger partial charge on any atom is -0.355 e. The molecule has 0 fully saturated rings. The van der Waals surface area contributed by atoms with Crippen molar-refractivity contribution in [3.8, 4) is 0 Å². The van der Waals surface area contributed by atoms with Crippen molar-refractivity contribution in [2.75, 3.05) is 0 Å². The molecule has 130 valence electrons. The number of hydrogen-bond donors (Lipinski definition) is 1. The normalized spacial score (nSPS) is 10.4. The quantitative estimate of drug-likeness (QED) is 0.376. The Balaban J connectivity index is 0.000000134. The molecular formula is C25H19NO. The van der Waals surface area contributed by atoms with E-state index < -0.39 is 0 Å². The lowest BCUT2D eigenvalue weighted by Gasteiger charge is -1.99. The first-order valence-electron chi connectivity index (χ1n) is 8.93. The molecule has 0 unspecified atom stereocenters. The van der Waals surface area contributed by atoms with Crippen LogP contribution in [-0.2, 0) is 0 Å². The van der Waals surface area contributed by atoms with Crippen LogP contribution in [0.4, 0.5) is 0 Å². The minimum absolute atomic E-state index is 0.0752. The lowest BCUT2D eigenvalue weighted by molar-refractivity contribution is 0.103. The van der Waals surface area contributed by atoms with Crippen molar-refractivity contribution < 1.29 is 4.79 Å². The summed E-state index contributed by atoms with van der Waals surface area (Å²) in [6, 6.07) is 35.4. The molecule has 27 heavy (non-hydrogen) atoms. The van der Waals surface area contributed by atoms with Crippen molar-refractivity contribution >= 4 is 27.6 Å². The fourth-order valence-corrected chi connectivity index (χ4v) is 3.14. The third-order valence-electron chi connectivity index (χ3n) is 4.49. The van der Waals surface area contributed by atoms with Gasteiger partial charge in [-0.3, -0.25) is 4.79 Å². The first-order valence-corrected chi connectivity index (χ1v) is 8.93. The van der Waals surface area contributed by atoms with Gasteiger partial charge in [0.15, 0.2) is 5.78 Å². The number of aromatic nitrogens is 1. The molecule has 0 bridgehead atoms. The Hall–Kier alpha value is -3.65. The fourth-order valence-electron chi connectivity index (χ4n) is 3.14. The molecule has 5 rings (SSSR count). The maximum absolute atomic E-state index is 11.8. The fraction of sp³-hybridized carbons (Fsp3) is 0. The van der Waals surface area contributed by atoms with E-state index in [0.29, 0.717) is 0 Å².